The van der Waals surface area contributed by atoms with Crippen molar-refractivity contribution in [1.29, 1.82) is 0 Å². The number of nitrogens with one attached hydrogen (secondary N) is 1. The lowest BCUT2D eigenvalue weighted by molar-refractivity contribution is -0.134. The quantitative estimate of drug-likeness (QED) is 0.754. The van der Waals surface area contributed by atoms with Crippen molar-refractivity contribution in [2.24, 2.45) is 11.7 Å². The second kappa shape index (κ2) is 6.34. The summed E-state index contributed by atoms with van der Waals surface area (Å²) in [7, 11) is 1.76. The Morgan fingerprint density at radius 1 is 1.59 bits per heavy atom. The first-order chi connectivity index (χ1) is 8.08. The van der Waals surface area contributed by atoms with E-state index in [1.807, 2.05) is 6.92 Å². The van der Waals surface area contributed by atoms with E-state index in [9.17, 15) is 4.79 Å². The van der Waals surface area contributed by atoms with E-state index in [1.54, 1.807) is 11.9 Å². The zero-order chi connectivity index (χ0) is 12.8. The molecule has 0 fully saturated rings. The summed E-state index contributed by atoms with van der Waals surface area (Å²) < 4.78 is 0. The first-order valence-corrected chi connectivity index (χ1v) is 5.91. The van der Waals surface area contributed by atoms with Crippen LogP contribution in [0.25, 0.3) is 0 Å². The minimum absolute atomic E-state index is 0.0665. The molecule has 96 valence electrons. The van der Waals surface area contributed by atoms with Crippen molar-refractivity contribution >= 4 is 5.91 Å². The van der Waals surface area contributed by atoms with E-state index in [4.69, 9.17) is 5.73 Å². The summed E-state index contributed by atoms with van der Waals surface area (Å²) in [6, 6.07) is 0. The summed E-state index contributed by atoms with van der Waals surface area (Å²) in [6.45, 7) is 4.69. The third kappa shape index (κ3) is 3.81. The second-order valence-electron chi connectivity index (χ2n) is 4.25. The van der Waals surface area contributed by atoms with Crippen molar-refractivity contribution in [1.82, 2.24) is 20.1 Å². The molecule has 1 rings (SSSR count). The molecule has 3 N–H and O–H groups in total. The number of amides is 1. The molecule has 0 aliphatic rings. The number of carbonyl (C=O) groups is 1. The van der Waals surface area contributed by atoms with Gasteiger partial charge in [-0.25, -0.2) is 4.98 Å². The number of nitrogens with two attached hydrogens (primary N) is 1. The molecular weight excluding hydrogens is 218 g/mol. The van der Waals surface area contributed by atoms with Crippen LogP contribution in [0, 0.1) is 12.8 Å². The highest BCUT2D eigenvalue weighted by molar-refractivity contribution is 5.78. The van der Waals surface area contributed by atoms with Gasteiger partial charge in [-0.1, -0.05) is 13.3 Å². The van der Waals surface area contributed by atoms with Gasteiger partial charge in [0.2, 0.25) is 5.91 Å². The first kappa shape index (κ1) is 13.6. The Morgan fingerprint density at radius 2 is 2.29 bits per heavy atom. The lowest BCUT2D eigenvalue weighted by Gasteiger charge is -2.21. The van der Waals surface area contributed by atoms with E-state index in [0.717, 1.165) is 18.7 Å². The van der Waals surface area contributed by atoms with E-state index in [2.05, 4.69) is 22.1 Å². The molecular formula is C11H21N5O. The topological polar surface area (TPSA) is 87.9 Å². The van der Waals surface area contributed by atoms with E-state index >= 15 is 0 Å². The maximum absolute atomic E-state index is 12.1. The molecule has 0 saturated carbocycles. The van der Waals surface area contributed by atoms with E-state index in [-0.39, 0.29) is 11.8 Å². The van der Waals surface area contributed by atoms with Crippen molar-refractivity contribution < 1.29 is 4.79 Å². The van der Waals surface area contributed by atoms with Crippen LogP contribution in [0.15, 0.2) is 0 Å². The van der Waals surface area contributed by atoms with Gasteiger partial charge in [-0.2, -0.15) is 5.10 Å². The van der Waals surface area contributed by atoms with Gasteiger partial charge in [0.15, 0.2) is 5.82 Å². The van der Waals surface area contributed by atoms with Crippen LogP contribution in [0.5, 0.6) is 0 Å². The van der Waals surface area contributed by atoms with E-state index < -0.39 is 0 Å². The van der Waals surface area contributed by atoms with Gasteiger partial charge >= 0.3 is 0 Å². The Balaban J connectivity index is 2.56. The monoisotopic (exact) mass is 239 g/mol. The number of H-pyrrole nitrogens is 1. The van der Waals surface area contributed by atoms with Gasteiger partial charge in [-0.05, 0) is 13.3 Å². The first-order valence-electron chi connectivity index (χ1n) is 5.91. The molecule has 0 radical (unpaired) electrons. The smallest absolute Gasteiger partial charge is 0.227 e. The molecule has 1 heterocycles. The number of aryl methyl sites for hydroxylation is 1. The summed E-state index contributed by atoms with van der Waals surface area (Å²) in [5.41, 5.74) is 5.61. The van der Waals surface area contributed by atoms with Crippen LogP contribution in [0.3, 0.4) is 0 Å². The normalized spacial score (nSPS) is 12.5. The predicted molar refractivity (Wildman–Crippen MR) is 65.0 cm³/mol. The van der Waals surface area contributed by atoms with Crippen LogP contribution in [0.4, 0.5) is 0 Å². The van der Waals surface area contributed by atoms with Crippen molar-refractivity contribution in [2.45, 2.75) is 33.2 Å². The summed E-state index contributed by atoms with van der Waals surface area (Å²) in [5.74, 6) is 1.36. The van der Waals surface area contributed by atoms with Crippen molar-refractivity contribution in [3.8, 4) is 0 Å². The molecule has 17 heavy (non-hydrogen) atoms. The van der Waals surface area contributed by atoms with Crippen LogP contribution >= 0.6 is 0 Å². The lowest BCUT2D eigenvalue weighted by Crippen LogP contribution is -2.36. The minimum atomic E-state index is -0.0926. The molecule has 6 heteroatoms. The Labute approximate surface area is 102 Å². The van der Waals surface area contributed by atoms with Gasteiger partial charge in [-0.15, -0.1) is 0 Å². The van der Waals surface area contributed by atoms with Gasteiger partial charge < -0.3 is 10.6 Å². The molecule has 0 spiro atoms. The van der Waals surface area contributed by atoms with E-state index in [1.165, 1.54) is 0 Å². The highest BCUT2D eigenvalue weighted by atomic mass is 16.2. The molecule has 0 saturated heterocycles. The molecule has 6 nitrogen and oxygen atoms in total. The molecule has 1 atom stereocenters. The zero-order valence-corrected chi connectivity index (χ0v) is 10.7. The minimum Gasteiger partial charge on any atom is -0.338 e. The Hall–Kier alpha value is -1.43. The molecule has 1 amide bonds. The summed E-state index contributed by atoms with van der Waals surface area (Å²) >= 11 is 0. The average molecular weight is 239 g/mol. The number of rotatable bonds is 6. The molecule has 0 bridgehead atoms. The summed E-state index contributed by atoms with van der Waals surface area (Å²) in [5, 5.41) is 6.77. The highest BCUT2D eigenvalue weighted by Gasteiger charge is 2.20. The van der Waals surface area contributed by atoms with Crippen LogP contribution < -0.4 is 5.73 Å². The zero-order valence-electron chi connectivity index (χ0n) is 10.7. The number of carbonyl (C=O) groups excluding carboxylic acids is 1. The largest absolute Gasteiger partial charge is 0.338 e. The summed E-state index contributed by atoms with van der Waals surface area (Å²) in [4.78, 5) is 17.9. The molecule has 1 unspecified atom stereocenters. The van der Waals surface area contributed by atoms with Gasteiger partial charge in [0.25, 0.3) is 0 Å². The third-order valence-electron chi connectivity index (χ3n) is 2.67. The van der Waals surface area contributed by atoms with Gasteiger partial charge in [0.1, 0.15) is 5.82 Å². The van der Waals surface area contributed by atoms with E-state index in [0.29, 0.717) is 18.9 Å². The molecule has 1 aromatic heterocycles. The maximum Gasteiger partial charge on any atom is 0.227 e. The molecule has 0 aromatic carbocycles. The Morgan fingerprint density at radius 3 is 2.76 bits per heavy atom. The fourth-order valence-corrected chi connectivity index (χ4v) is 1.75. The SMILES string of the molecule is CCCC(CN)C(=O)N(C)Cc1n[nH]c(C)n1. The number of aromatic amines is 1. The third-order valence-corrected chi connectivity index (χ3v) is 2.67. The van der Waals surface area contributed by atoms with Crippen molar-refractivity contribution in [2.75, 3.05) is 13.6 Å². The number of hydrogen-bond acceptors (Lipinski definition) is 4. The maximum atomic E-state index is 12.1. The van der Waals surface area contributed by atoms with Crippen LogP contribution in [0.1, 0.15) is 31.4 Å². The van der Waals surface area contributed by atoms with Crippen LogP contribution in [-0.2, 0) is 11.3 Å². The Kier molecular flexibility index (Phi) is 5.09. The van der Waals surface area contributed by atoms with Gasteiger partial charge in [0.05, 0.1) is 12.5 Å². The summed E-state index contributed by atoms with van der Waals surface area (Å²) in [6.07, 6.45) is 1.79. The fraction of sp³-hybridized carbons (Fsp3) is 0.727. The van der Waals surface area contributed by atoms with Crippen LogP contribution in [0.2, 0.25) is 0 Å². The lowest BCUT2D eigenvalue weighted by atomic mass is 10.0. The average Bonchev–Trinajstić information content (AvgIpc) is 2.70. The fourth-order valence-electron chi connectivity index (χ4n) is 1.75. The number of nitrogens with zero attached hydrogens (tertiary/aromatic N) is 3. The van der Waals surface area contributed by atoms with Crippen molar-refractivity contribution in [3.05, 3.63) is 11.6 Å². The number of hydrogen-bond donors (Lipinski definition) is 2. The highest BCUT2D eigenvalue weighted by Crippen LogP contribution is 2.09. The predicted octanol–water partition coefficient (Wildman–Crippen LogP) is 0.447. The van der Waals surface area contributed by atoms with Crippen LogP contribution in [-0.4, -0.2) is 39.6 Å². The van der Waals surface area contributed by atoms with Crippen molar-refractivity contribution in [3.63, 3.8) is 0 Å². The van der Waals surface area contributed by atoms with Gasteiger partial charge in [0, 0.05) is 13.6 Å². The standard InChI is InChI=1S/C11H21N5O/c1-4-5-9(6-12)11(17)16(3)7-10-13-8(2)14-15-10/h9H,4-7,12H2,1-3H3,(H,13,14,15). The molecule has 0 aliphatic carbocycles. The van der Waals surface area contributed by atoms with Gasteiger partial charge in [-0.3, -0.25) is 9.89 Å². The number of aromatic nitrogens is 3. The molecule has 0 aliphatic heterocycles. The second-order valence-corrected chi connectivity index (χ2v) is 4.25. The Bertz CT molecular complexity index is 362. The molecule has 1 aromatic rings.